The first-order valence-electron chi connectivity index (χ1n) is 8.71. The Morgan fingerprint density at radius 2 is 1.79 bits per heavy atom. The predicted molar refractivity (Wildman–Crippen MR) is 101 cm³/mol. The van der Waals surface area contributed by atoms with E-state index in [9.17, 15) is 14.4 Å². The van der Waals surface area contributed by atoms with Crippen molar-refractivity contribution in [3.63, 3.8) is 0 Å². The number of carbonyl (C=O) groups excluding carboxylic acids is 3. The Morgan fingerprint density at radius 3 is 2.50 bits per heavy atom. The van der Waals surface area contributed by atoms with Gasteiger partial charge in [0.2, 0.25) is 0 Å². The van der Waals surface area contributed by atoms with Crippen LogP contribution >= 0.6 is 11.6 Å². The van der Waals surface area contributed by atoms with E-state index in [-0.39, 0.29) is 12.3 Å². The maximum atomic E-state index is 12.9. The lowest BCUT2D eigenvalue weighted by atomic mass is 9.92. The zero-order chi connectivity index (χ0) is 19.9. The number of hydrogen-bond acceptors (Lipinski definition) is 5. The Bertz CT molecular complexity index is 975. The molecule has 8 heteroatoms. The zero-order valence-electron chi connectivity index (χ0n) is 15.0. The first-order chi connectivity index (χ1) is 13.4. The standard InChI is InChI=1S/C20H17ClN2O5/c1-20(13-3-5-14(21)6-4-13)18(25)23(19(26)22-20)11-15(24)12-2-7-16-17(10-12)28-9-8-27-16/h2-7,10H,8-9,11H2,1H3,(H,22,26)/t20-/m1/s1. The number of ketones is 1. The van der Waals surface area contributed by atoms with Gasteiger partial charge in [0.05, 0.1) is 6.54 Å². The van der Waals surface area contributed by atoms with Gasteiger partial charge in [-0.1, -0.05) is 23.7 Å². The van der Waals surface area contributed by atoms with Crippen molar-refractivity contribution in [3.8, 4) is 11.5 Å². The molecule has 0 bridgehead atoms. The third kappa shape index (κ3) is 3.07. The number of imide groups is 1. The fraction of sp³-hybridized carbons (Fsp3) is 0.250. The van der Waals surface area contributed by atoms with Crippen LogP contribution in [0.2, 0.25) is 5.02 Å². The molecule has 0 radical (unpaired) electrons. The van der Waals surface area contributed by atoms with Crippen molar-refractivity contribution in [2.75, 3.05) is 19.8 Å². The summed E-state index contributed by atoms with van der Waals surface area (Å²) in [6.07, 6.45) is 0. The number of amides is 3. The highest BCUT2D eigenvalue weighted by molar-refractivity contribution is 6.30. The van der Waals surface area contributed by atoms with Gasteiger partial charge in [-0.2, -0.15) is 0 Å². The van der Waals surface area contributed by atoms with Crippen LogP contribution in [0, 0.1) is 0 Å². The average molecular weight is 401 g/mol. The third-order valence-electron chi connectivity index (χ3n) is 4.86. The number of nitrogens with zero attached hydrogens (tertiary/aromatic N) is 1. The topological polar surface area (TPSA) is 84.9 Å². The monoisotopic (exact) mass is 400 g/mol. The first kappa shape index (κ1) is 18.3. The number of urea groups is 1. The van der Waals surface area contributed by atoms with Gasteiger partial charge in [0.15, 0.2) is 17.3 Å². The number of benzene rings is 2. The van der Waals surface area contributed by atoms with Gasteiger partial charge in [0.1, 0.15) is 18.8 Å². The molecule has 0 aromatic heterocycles. The van der Waals surface area contributed by atoms with Crippen molar-refractivity contribution in [2.24, 2.45) is 0 Å². The van der Waals surface area contributed by atoms with Crippen molar-refractivity contribution in [1.82, 2.24) is 10.2 Å². The molecule has 2 aliphatic heterocycles. The molecule has 0 spiro atoms. The molecule has 2 aliphatic rings. The van der Waals surface area contributed by atoms with Crippen LogP contribution in [0.1, 0.15) is 22.8 Å². The third-order valence-corrected chi connectivity index (χ3v) is 5.11. The lowest BCUT2D eigenvalue weighted by Gasteiger charge is -2.22. The second-order valence-corrected chi connectivity index (χ2v) is 7.17. The van der Waals surface area contributed by atoms with E-state index < -0.39 is 17.5 Å². The molecule has 0 saturated carbocycles. The highest BCUT2D eigenvalue weighted by Gasteiger charge is 2.49. The highest BCUT2D eigenvalue weighted by Crippen LogP contribution is 2.32. The van der Waals surface area contributed by atoms with Gasteiger partial charge in [-0.3, -0.25) is 14.5 Å². The number of rotatable bonds is 4. The number of halogens is 1. The molecule has 1 saturated heterocycles. The number of hydrogen-bond donors (Lipinski definition) is 1. The van der Waals surface area contributed by atoms with E-state index in [1.807, 2.05) is 0 Å². The van der Waals surface area contributed by atoms with Crippen LogP contribution in [0.15, 0.2) is 42.5 Å². The predicted octanol–water partition coefficient (Wildman–Crippen LogP) is 2.76. The number of carbonyl (C=O) groups is 3. The Hall–Kier alpha value is -3.06. The van der Waals surface area contributed by atoms with Crippen molar-refractivity contribution in [1.29, 1.82) is 0 Å². The second kappa shape index (κ2) is 6.83. The van der Waals surface area contributed by atoms with E-state index in [0.717, 1.165) is 4.90 Å². The maximum absolute atomic E-state index is 12.9. The quantitative estimate of drug-likeness (QED) is 0.630. The van der Waals surface area contributed by atoms with Crippen molar-refractivity contribution < 1.29 is 23.9 Å². The zero-order valence-corrected chi connectivity index (χ0v) is 15.8. The number of fused-ring (bicyclic) bond motifs is 1. The van der Waals surface area contributed by atoms with Gasteiger partial charge in [0, 0.05) is 10.6 Å². The largest absolute Gasteiger partial charge is 0.486 e. The Kier molecular flexibility index (Phi) is 4.47. The minimum Gasteiger partial charge on any atom is -0.486 e. The molecule has 7 nitrogen and oxygen atoms in total. The Balaban J connectivity index is 1.55. The normalized spacial score (nSPS) is 20.9. The van der Waals surface area contributed by atoms with E-state index >= 15 is 0 Å². The summed E-state index contributed by atoms with van der Waals surface area (Å²) in [5, 5.41) is 3.19. The summed E-state index contributed by atoms with van der Waals surface area (Å²) in [7, 11) is 0. The fourth-order valence-corrected chi connectivity index (χ4v) is 3.40. The van der Waals surface area contributed by atoms with E-state index in [4.69, 9.17) is 21.1 Å². The van der Waals surface area contributed by atoms with Crippen molar-refractivity contribution in [3.05, 3.63) is 58.6 Å². The summed E-state index contributed by atoms with van der Waals surface area (Å²) >= 11 is 5.90. The molecule has 3 amide bonds. The lowest BCUT2D eigenvalue weighted by Crippen LogP contribution is -2.41. The van der Waals surface area contributed by atoms with E-state index in [2.05, 4.69) is 5.32 Å². The van der Waals surface area contributed by atoms with Gasteiger partial charge in [-0.05, 0) is 42.8 Å². The Morgan fingerprint density at radius 1 is 1.11 bits per heavy atom. The van der Waals surface area contributed by atoms with Gasteiger partial charge in [-0.15, -0.1) is 0 Å². The molecule has 2 heterocycles. The summed E-state index contributed by atoms with van der Waals surface area (Å²) in [5.74, 6) is 0.167. The maximum Gasteiger partial charge on any atom is 0.325 e. The number of ether oxygens (including phenoxy) is 2. The molecule has 1 N–H and O–H groups in total. The SMILES string of the molecule is C[C@]1(c2ccc(Cl)cc2)NC(=O)N(CC(=O)c2ccc3c(c2)OCCO3)C1=O. The molecule has 1 fully saturated rings. The molecular weight excluding hydrogens is 384 g/mol. The van der Waals surface area contributed by atoms with Crippen LogP contribution in [-0.4, -0.2) is 42.4 Å². The second-order valence-electron chi connectivity index (χ2n) is 6.73. The van der Waals surface area contributed by atoms with Gasteiger partial charge < -0.3 is 14.8 Å². The van der Waals surface area contributed by atoms with Crippen LogP contribution < -0.4 is 14.8 Å². The van der Waals surface area contributed by atoms with E-state index in [0.29, 0.717) is 40.9 Å². The molecule has 28 heavy (non-hydrogen) atoms. The van der Waals surface area contributed by atoms with Gasteiger partial charge >= 0.3 is 6.03 Å². The molecule has 0 aliphatic carbocycles. The lowest BCUT2D eigenvalue weighted by molar-refractivity contribution is -0.130. The van der Waals surface area contributed by atoms with Crippen molar-refractivity contribution in [2.45, 2.75) is 12.5 Å². The molecule has 2 aromatic rings. The van der Waals surface area contributed by atoms with Crippen molar-refractivity contribution >= 4 is 29.3 Å². The van der Waals surface area contributed by atoms with Crippen LogP contribution in [0.5, 0.6) is 11.5 Å². The number of nitrogens with one attached hydrogen (secondary N) is 1. The molecule has 2 aromatic carbocycles. The van der Waals surface area contributed by atoms with E-state index in [1.54, 1.807) is 49.4 Å². The fourth-order valence-electron chi connectivity index (χ4n) is 3.27. The summed E-state index contributed by atoms with van der Waals surface area (Å²) in [5.41, 5.74) is -0.330. The van der Waals surface area contributed by atoms with Crippen LogP contribution in [0.4, 0.5) is 4.79 Å². The number of Topliss-reactive ketones (excluding diaryl/α,β-unsaturated/α-hetero) is 1. The average Bonchev–Trinajstić information content (AvgIpc) is 2.92. The summed E-state index contributed by atoms with van der Waals surface area (Å²) < 4.78 is 10.9. The highest BCUT2D eigenvalue weighted by atomic mass is 35.5. The van der Waals surface area contributed by atoms with Crippen LogP contribution in [0.3, 0.4) is 0 Å². The minimum atomic E-state index is -1.26. The van der Waals surface area contributed by atoms with E-state index in [1.165, 1.54) is 0 Å². The van der Waals surface area contributed by atoms with Crippen LogP contribution in [0.25, 0.3) is 0 Å². The molecule has 4 rings (SSSR count). The molecular formula is C20H17ClN2O5. The van der Waals surface area contributed by atoms with Crippen LogP contribution in [-0.2, 0) is 10.3 Å². The summed E-state index contributed by atoms with van der Waals surface area (Å²) in [4.78, 5) is 39.0. The molecule has 144 valence electrons. The van der Waals surface area contributed by atoms with Gasteiger partial charge in [-0.25, -0.2) is 4.79 Å². The first-order valence-corrected chi connectivity index (χ1v) is 9.09. The molecule has 0 unspecified atom stereocenters. The summed E-state index contributed by atoms with van der Waals surface area (Å²) in [6.45, 7) is 2.08. The van der Waals surface area contributed by atoms with Gasteiger partial charge in [0.25, 0.3) is 5.91 Å². The summed E-state index contributed by atoms with van der Waals surface area (Å²) in [6, 6.07) is 10.8. The smallest absolute Gasteiger partial charge is 0.325 e. The molecule has 1 atom stereocenters. The Labute approximate surface area is 166 Å². The minimum absolute atomic E-state index is 0.338.